The predicted molar refractivity (Wildman–Crippen MR) is 170 cm³/mol. The molecule has 3 unspecified atom stereocenters. The largest absolute Gasteiger partial charge is 0.478 e. The zero-order chi connectivity index (χ0) is 35.4. The smallest absolute Gasteiger partial charge is 0.456 e. The number of benzene rings is 2. The fourth-order valence-corrected chi connectivity index (χ4v) is 10.0. The summed E-state index contributed by atoms with van der Waals surface area (Å²) in [6.45, 7) is 6.43. The van der Waals surface area contributed by atoms with Crippen LogP contribution in [0.3, 0.4) is 0 Å². The first kappa shape index (κ1) is 34.6. The molecule has 49 heavy (non-hydrogen) atoms. The molecule has 7 rings (SSSR count). The third-order valence-electron chi connectivity index (χ3n) is 12.7. The highest BCUT2D eigenvalue weighted by Gasteiger charge is 2.79. The van der Waals surface area contributed by atoms with Crippen molar-refractivity contribution in [3.63, 3.8) is 0 Å². The Morgan fingerprint density at radius 1 is 0.837 bits per heavy atom. The number of halogens is 5. The minimum atomic E-state index is -5.93. The highest BCUT2D eigenvalue weighted by Crippen LogP contribution is 2.71. The fraction of sp³-hybridized carbons (Fsp3) is 0.605. The summed E-state index contributed by atoms with van der Waals surface area (Å²) >= 11 is 0. The van der Waals surface area contributed by atoms with Crippen molar-refractivity contribution < 1.29 is 51.5 Å². The number of aromatic carboxylic acids is 1. The van der Waals surface area contributed by atoms with E-state index in [0.717, 1.165) is 22.3 Å². The topological polar surface area (TPSA) is 96.2 Å². The number of carboxylic acid groups (broad SMARTS) is 1. The zero-order valence-corrected chi connectivity index (χ0v) is 27.9. The van der Waals surface area contributed by atoms with Crippen LogP contribution in [0.2, 0.25) is 0 Å². The number of allylic oxidation sites excluding steroid dienone is 1. The van der Waals surface area contributed by atoms with Gasteiger partial charge in [-0.2, -0.15) is 22.0 Å². The molecule has 2 aromatic carbocycles. The Kier molecular flexibility index (Phi) is 7.81. The molecular formula is C38H43F5O6. The van der Waals surface area contributed by atoms with Crippen molar-refractivity contribution in [1.82, 2.24) is 0 Å². The van der Waals surface area contributed by atoms with Crippen LogP contribution in [-0.2, 0) is 9.47 Å². The normalized spacial score (nSPS) is 35.4. The van der Waals surface area contributed by atoms with Crippen LogP contribution in [0.5, 0.6) is 0 Å². The molecule has 1 saturated heterocycles. The van der Waals surface area contributed by atoms with Gasteiger partial charge in [0, 0.05) is 29.6 Å². The number of aliphatic hydroxyl groups is 2. The van der Waals surface area contributed by atoms with Gasteiger partial charge in [-0.3, -0.25) is 0 Å². The van der Waals surface area contributed by atoms with Crippen molar-refractivity contribution >= 4 is 5.97 Å². The number of carbonyl (C=O) groups is 1. The summed E-state index contributed by atoms with van der Waals surface area (Å²) in [7, 11) is 0. The molecule has 0 bridgehead atoms. The average molecular weight is 691 g/mol. The summed E-state index contributed by atoms with van der Waals surface area (Å²) in [6, 6.07) is 13.6. The van der Waals surface area contributed by atoms with Gasteiger partial charge in [-0.25, -0.2) is 4.79 Å². The Morgan fingerprint density at radius 2 is 1.43 bits per heavy atom. The first-order chi connectivity index (χ1) is 22.7. The summed E-state index contributed by atoms with van der Waals surface area (Å²) in [5, 5.41) is 33.2. The number of hydrogen-bond donors (Lipinski definition) is 3. The molecule has 0 radical (unpaired) electrons. The van der Waals surface area contributed by atoms with Crippen LogP contribution in [0.1, 0.15) is 94.0 Å². The molecular weight excluding hydrogens is 647 g/mol. The van der Waals surface area contributed by atoms with Gasteiger partial charge in [-0.05, 0) is 84.8 Å². The van der Waals surface area contributed by atoms with Crippen molar-refractivity contribution in [3.05, 3.63) is 70.8 Å². The third kappa shape index (κ3) is 5.20. The van der Waals surface area contributed by atoms with Crippen molar-refractivity contribution in [2.75, 3.05) is 13.2 Å². The van der Waals surface area contributed by atoms with Crippen LogP contribution in [-0.4, -0.2) is 63.6 Å². The number of ether oxygens (including phenoxy) is 2. The van der Waals surface area contributed by atoms with E-state index < -0.39 is 64.6 Å². The van der Waals surface area contributed by atoms with Crippen LogP contribution < -0.4 is 0 Å². The second-order valence-corrected chi connectivity index (χ2v) is 16.2. The number of alkyl halides is 5. The Labute approximate surface area is 282 Å². The van der Waals surface area contributed by atoms with E-state index >= 15 is 8.78 Å². The summed E-state index contributed by atoms with van der Waals surface area (Å²) in [6.07, 6.45) is -4.97. The maximum atomic E-state index is 15.4. The Balaban J connectivity index is 1.31. The predicted octanol–water partition coefficient (Wildman–Crippen LogP) is 8.28. The van der Waals surface area contributed by atoms with Gasteiger partial charge in [0.25, 0.3) is 0 Å². The van der Waals surface area contributed by atoms with Crippen molar-refractivity contribution in [2.24, 2.45) is 22.7 Å². The molecule has 6 atom stereocenters. The quantitative estimate of drug-likeness (QED) is 0.221. The lowest BCUT2D eigenvalue weighted by Crippen LogP contribution is -2.65. The number of carboxylic acids is 1. The molecule has 0 amide bonds. The molecule has 11 heteroatoms. The fourth-order valence-electron chi connectivity index (χ4n) is 10.0. The van der Waals surface area contributed by atoms with Gasteiger partial charge in [0.05, 0.1) is 24.4 Å². The van der Waals surface area contributed by atoms with Gasteiger partial charge in [0.1, 0.15) is 5.60 Å². The van der Waals surface area contributed by atoms with Crippen LogP contribution in [0, 0.1) is 22.7 Å². The van der Waals surface area contributed by atoms with Gasteiger partial charge in [-0.1, -0.05) is 62.7 Å². The van der Waals surface area contributed by atoms with Crippen LogP contribution in [0.15, 0.2) is 59.7 Å². The number of rotatable bonds is 4. The molecule has 3 saturated carbocycles. The van der Waals surface area contributed by atoms with E-state index in [0.29, 0.717) is 38.0 Å². The number of hydrogen-bond acceptors (Lipinski definition) is 5. The summed E-state index contributed by atoms with van der Waals surface area (Å²) < 4.78 is 85.3. The van der Waals surface area contributed by atoms with Gasteiger partial charge in [-0.15, -0.1) is 0 Å². The average Bonchev–Trinajstić information content (AvgIpc) is 3.32. The standard InChI is InChI=1S/C38H43F5O6/c1-32(2)20-48-35(49-21-32)16-13-29-30-26(12-15-34(29,46)19-35)28-14-17-36(47,37(39,40)38(41,42)43)33(28,3)18-27(30)24-8-4-22(5-9-24)23-6-10-25(11-7-23)31(44)45/h4-11,26-28,46-47H,12-21H2,1-3H3,(H,44,45)/t26?,27-,28?,33+,34?,36+/m1/s1. The van der Waals surface area contributed by atoms with E-state index in [-0.39, 0.29) is 36.7 Å². The lowest BCUT2D eigenvalue weighted by molar-refractivity contribution is -0.362. The Morgan fingerprint density at radius 3 is 2.00 bits per heavy atom. The molecule has 2 aromatic rings. The van der Waals surface area contributed by atoms with Crippen LogP contribution >= 0.6 is 0 Å². The maximum absolute atomic E-state index is 15.4. The second kappa shape index (κ2) is 11.1. The lowest BCUT2D eigenvalue weighted by Gasteiger charge is -2.59. The molecule has 1 spiro atoms. The highest BCUT2D eigenvalue weighted by atomic mass is 19.4. The van der Waals surface area contributed by atoms with E-state index in [1.165, 1.54) is 19.1 Å². The molecule has 1 aliphatic heterocycles. The summed E-state index contributed by atoms with van der Waals surface area (Å²) in [5.74, 6) is -9.00. The molecule has 4 fully saturated rings. The summed E-state index contributed by atoms with van der Waals surface area (Å²) in [5.41, 5.74) is -2.51. The van der Waals surface area contributed by atoms with E-state index in [2.05, 4.69) is 0 Å². The molecule has 6 nitrogen and oxygen atoms in total. The van der Waals surface area contributed by atoms with E-state index in [4.69, 9.17) is 9.47 Å². The minimum absolute atomic E-state index is 0.0157. The minimum Gasteiger partial charge on any atom is -0.478 e. The Bertz CT molecular complexity index is 1660. The zero-order valence-electron chi connectivity index (χ0n) is 27.9. The SMILES string of the molecule is CC1(C)COC2(CCC3=C4C(CCC3(O)C2)C2CC[C@@](O)(C(F)(F)C(F)(F)F)[C@@]2(C)C[C@@H]4c2ccc(-c3ccc(C(=O)O)cc3)cc2)OC1. The van der Waals surface area contributed by atoms with Gasteiger partial charge >= 0.3 is 18.1 Å². The molecule has 4 aliphatic carbocycles. The second-order valence-electron chi connectivity index (χ2n) is 16.2. The number of fused-ring (bicyclic) bond motifs is 4. The van der Waals surface area contributed by atoms with Gasteiger partial charge in [0.2, 0.25) is 0 Å². The first-order valence-electron chi connectivity index (χ1n) is 17.1. The van der Waals surface area contributed by atoms with Crippen molar-refractivity contribution in [3.8, 4) is 11.1 Å². The van der Waals surface area contributed by atoms with Crippen LogP contribution in [0.25, 0.3) is 11.1 Å². The maximum Gasteiger partial charge on any atom is 0.456 e. The highest BCUT2D eigenvalue weighted by molar-refractivity contribution is 5.88. The molecule has 3 N–H and O–H groups in total. The van der Waals surface area contributed by atoms with Gasteiger partial charge < -0.3 is 24.8 Å². The third-order valence-corrected chi connectivity index (χ3v) is 12.7. The van der Waals surface area contributed by atoms with Gasteiger partial charge in [0.15, 0.2) is 5.79 Å². The van der Waals surface area contributed by atoms with E-state index in [9.17, 15) is 33.3 Å². The summed E-state index contributed by atoms with van der Waals surface area (Å²) in [4.78, 5) is 11.3. The molecule has 1 heterocycles. The van der Waals surface area contributed by atoms with E-state index in [1.807, 2.05) is 38.1 Å². The first-order valence-corrected chi connectivity index (χ1v) is 17.1. The molecule has 0 aromatic heterocycles. The Hall–Kier alpha value is -2.86. The van der Waals surface area contributed by atoms with Crippen molar-refractivity contribution in [1.29, 1.82) is 0 Å². The molecule has 266 valence electrons. The van der Waals surface area contributed by atoms with E-state index in [1.54, 1.807) is 12.1 Å². The lowest BCUT2D eigenvalue weighted by atomic mass is 9.49. The monoisotopic (exact) mass is 690 g/mol. The van der Waals surface area contributed by atoms with Crippen LogP contribution in [0.4, 0.5) is 22.0 Å². The van der Waals surface area contributed by atoms with Crippen molar-refractivity contribution in [2.45, 2.75) is 107 Å². The molecule has 5 aliphatic rings.